The molecule has 3 aliphatic rings. The summed E-state index contributed by atoms with van der Waals surface area (Å²) in [5.74, 6) is 2.28. The molecule has 8 nitrogen and oxygen atoms in total. The lowest BCUT2D eigenvalue weighted by molar-refractivity contribution is -0.121. The molecule has 2 N–H and O–H groups in total. The quantitative estimate of drug-likeness (QED) is 0.824. The summed E-state index contributed by atoms with van der Waals surface area (Å²) in [4.78, 5) is 25.0. The molecule has 2 amide bonds. The summed E-state index contributed by atoms with van der Waals surface area (Å²) < 4.78 is 3.35. The molecule has 2 aromatic rings. The van der Waals surface area contributed by atoms with Gasteiger partial charge in [-0.15, -0.1) is 0 Å². The Morgan fingerprint density at radius 1 is 1.21 bits per heavy atom. The van der Waals surface area contributed by atoms with Crippen molar-refractivity contribution in [3.8, 4) is 5.82 Å². The molecule has 154 valence electrons. The third-order valence-electron chi connectivity index (χ3n) is 7.23. The third-order valence-corrected chi connectivity index (χ3v) is 7.23. The number of rotatable bonds is 4. The van der Waals surface area contributed by atoms with Crippen LogP contribution in [0.15, 0.2) is 24.7 Å². The van der Waals surface area contributed by atoms with Gasteiger partial charge in [-0.2, -0.15) is 10.2 Å². The second-order valence-corrected chi connectivity index (χ2v) is 9.21. The Balaban J connectivity index is 1.38. The van der Waals surface area contributed by atoms with Crippen molar-refractivity contribution in [1.29, 1.82) is 0 Å². The van der Waals surface area contributed by atoms with Crippen molar-refractivity contribution in [3.63, 3.8) is 0 Å². The van der Waals surface area contributed by atoms with E-state index in [1.165, 1.54) is 6.42 Å². The molecule has 0 aromatic carbocycles. The van der Waals surface area contributed by atoms with Gasteiger partial charge in [-0.25, -0.2) is 4.68 Å². The largest absolute Gasteiger partial charge is 0.351 e. The molecule has 2 aromatic heterocycles. The minimum Gasteiger partial charge on any atom is -0.351 e. The smallest absolute Gasteiger partial charge is 0.256 e. The van der Waals surface area contributed by atoms with Gasteiger partial charge in [-0.3, -0.25) is 14.3 Å². The maximum Gasteiger partial charge on any atom is 0.256 e. The van der Waals surface area contributed by atoms with Crippen LogP contribution in [0.5, 0.6) is 0 Å². The SMILES string of the molecule is CC(=O)NC12CC3CCC(NC(=O)c4cnn(C)c4-n4cccn4)C(C1)C(C3)C2. The molecule has 5 rings (SSSR count). The number of amides is 2. The van der Waals surface area contributed by atoms with E-state index in [0.29, 0.717) is 29.1 Å². The molecule has 5 atom stereocenters. The lowest BCUT2D eigenvalue weighted by atomic mass is 9.75. The average molecular weight is 396 g/mol. The average Bonchev–Trinajstić information content (AvgIpc) is 3.34. The standard InChI is InChI=1S/C21H28N6O2/c1-13(28)25-21-9-14-4-5-18(16(11-21)15(8-14)10-21)24-19(29)17-12-23-26(2)20(17)27-7-3-6-22-27/h3,6-7,12,14-16,18H,4-5,8-11H2,1-2H3,(H,24,29)(H,25,28). The first kappa shape index (κ1) is 18.4. The van der Waals surface area contributed by atoms with E-state index in [0.717, 1.165) is 32.1 Å². The normalized spacial score (nSPS) is 32.8. The van der Waals surface area contributed by atoms with Crippen molar-refractivity contribution in [2.75, 3.05) is 0 Å². The molecule has 2 heterocycles. The van der Waals surface area contributed by atoms with Crippen LogP contribution < -0.4 is 10.6 Å². The summed E-state index contributed by atoms with van der Waals surface area (Å²) in [6, 6.07) is 1.97. The van der Waals surface area contributed by atoms with Gasteiger partial charge >= 0.3 is 0 Å². The summed E-state index contributed by atoms with van der Waals surface area (Å²) in [6.45, 7) is 1.62. The number of hydrogen-bond acceptors (Lipinski definition) is 4. The fourth-order valence-electron chi connectivity index (χ4n) is 6.37. The molecule has 3 bridgehead atoms. The first-order valence-corrected chi connectivity index (χ1v) is 10.6. The van der Waals surface area contributed by atoms with Gasteiger partial charge in [0, 0.05) is 37.9 Å². The van der Waals surface area contributed by atoms with Crippen LogP contribution in [0.25, 0.3) is 5.82 Å². The molecule has 0 spiro atoms. The Bertz CT molecular complexity index is 935. The lowest BCUT2D eigenvalue weighted by Crippen LogP contribution is -2.50. The predicted molar refractivity (Wildman–Crippen MR) is 106 cm³/mol. The molecule has 5 unspecified atom stereocenters. The molecule has 3 fully saturated rings. The van der Waals surface area contributed by atoms with E-state index in [4.69, 9.17) is 0 Å². The zero-order valence-electron chi connectivity index (χ0n) is 17.0. The Morgan fingerprint density at radius 3 is 2.83 bits per heavy atom. The van der Waals surface area contributed by atoms with E-state index < -0.39 is 0 Å². The van der Waals surface area contributed by atoms with Gasteiger partial charge in [0.25, 0.3) is 5.91 Å². The lowest BCUT2D eigenvalue weighted by Gasteiger charge is -2.38. The highest BCUT2D eigenvalue weighted by molar-refractivity contribution is 5.97. The molecule has 3 saturated carbocycles. The summed E-state index contributed by atoms with van der Waals surface area (Å²) in [7, 11) is 1.82. The van der Waals surface area contributed by atoms with E-state index in [1.807, 2.05) is 19.3 Å². The van der Waals surface area contributed by atoms with Gasteiger partial charge in [-0.1, -0.05) is 0 Å². The Labute approximate surface area is 170 Å². The second-order valence-electron chi connectivity index (χ2n) is 9.21. The molecule has 29 heavy (non-hydrogen) atoms. The summed E-state index contributed by atoms with van der Waals surface area (Å²) in [5.41, 5.74) is 0.471. The van der Waals surface area contributed by atoms with Gasteiger partial charge in [0.15, 0.2) is 5.82 Å². The van der Waals surface area contributed by atoms with E-state index in [1.54, 1.807) is 28.7 Å². The van der Waals surface area contributed by atoms with Crippen molar-refractivity contribution >= 4 is 11.8 Å². The Hall–Kier alpha value is -2.64. The zero-order valence-corrected chi connectivity index (χ0v) is 17.0. The third kappa shape index (κ3) is 3.14. The highest BCUT2D eigenvalue weighted by Gasteiger charge is 2.54. The molecule has 3 aliphatic carbocycles. The predicted octanol–water partition coefficient (Wildman–Crippen LogP) is 1.81. The van der Waals surface area contributed by atoms with E-state index in [9.17, 15) is 9.59 Å². The fraction of sp³-hybridized carbons (Fsp3) is 0.619. The molecule has 0 radical (unpaired) electrons. The van der Waals surface area contributed by atoms with Crippen LogP contribution in [0.1, 0.15) is 55.8 Å². The highest BCUT2D eigenvalue weighted by atomic mass is 16.2. The van der Waals surface area contributed by atoms with Crippen LogP contribution in [0.2, 0.25) is 0 Å². The molecular weight excluding hydrogens is 368 g/mol. The molecule has 0 aliphatic heterocycles. The molecule has 0 saturated heterocycles. The number of aryl methyl sites for hydroxylation is 1. The van der Waals surface area contributed by atoms with Gasteiger partial charge < -0.3 is 10.6 Å². The molecular formula is C21H28N6O2. The van der Waals surface area contributed by atoms with Gasteiger partial charge in [0.05, 0.1) is 6.20 Å². The van der Waals surface area contributed by atoms with Crippen molar-refractivity contribution in [3.05, 3.63) is 30.2 Å². The monoisotopic (exact) mass is 396 g/mol. The van der Waals surface area contributed by atoms with Crippen molar-refractivity contribution in [2.45, 2.75) is 57.0 Å². The van der Waals surface area contributed by atoms with Crippen LogP contribution in [0, 0.1) is 17.8 Å². The number of aromatic nitrogens is 4. The number of fused-ring (bicyclic) bond motifs is 2. The first-order valence-electron chi connectivity index (χ1n) is 10.6. The number of hydrogen-bond donors (Lipinski definition) is 2. The Kier molecular flexibility index (Phi) is 4.26. The van der Waals surface area contributed by atoms with E-state index in [2.05, 4.69) is 20.8 Å². The van der Waals surface area contributed by atoms with Crippen molar-refractivity contribution in [2.24, 2.45) is 24.8 Å². The van der Waals surface area contributed by atoms with Gasteiger partial charge in [0.1, 0.15) is 5.56 Å². The van der Waals surface area contributed by atoms with Crippen LogP contribution in [-0.4, -0.2) is 43.0 Å². The van der Waals surface area contributed by atoms with E-state index in [-0.39, 0.29) is 23.4 Å². The summed E-state index contributed by atoms with van der Waals surface area (Å²) in [5, 5.41) is 15.2. The first-order chi connectivity index (χ1) is 13.9. The Morgan fingerprint density at radius 2 is 2.07 bits per heavy atom. The van der Waals surface area contributed by atoms with Crippen LogP contribution in [-0.2, 0) is 11.8 Å². The minimum atomic E-state index is -0.0941. The van der Waals surface area contributed by atoms with Crippen molar-refractivity contribution < 1.29 is 9.59 Å². The maximum atomic E-state index is 13.2. The number of nitrogens with zero attached hydrogens (tertiary/aromatic N) is 4. The number of nitrogens with one attached hydrogen (secondary N) is 2. The minimum absolute atomic E-state index is 0.0606. The van der Waals surface area contributed by atoms with E-state index >= 15 is 0 Å². The topological polar surface area (TPSA) is 93.8 Å². The number of carbonyl (C=O) groups is 2. The fourth-order valence-corrected chi connectivity index (χ4v) is 6.37. The van der Waals surface area contributed by atoms with Crippen LogP contribution >= 0.6 is 0 Å². The number of carbonyl (C=O) groups excluding carboxylic acids is 2. The maximum absolute atomic E-state index is 13.2. The highest BCUT2D eigenvalue weighted by Crippen LogP contribution is 2.55. The van der Waals surface area contributed by atoms with Crippen molar-refractivity contribution in [1.82, 2.24) is 30.2 Å². The van der Waals surface area contributed by atoms with Gasteiger partial charge in [0.2, 0.25) is 5.91 Å². The zero-order chi connectivity index (χ0) is 20.2. The second kappa shape index (κ2) is 6.71. The van der Waals surface area contributed by atoms with Crippen LogP contribution in [0.4, 0.5) is 0 Å². The van der Waals surface area contributed by atoms with Gasteiger partial charge in [-0.05, 0) is 62.3 Å². The summed E-state index contributed by atoms with van der Waals surface area (Å²) >= 11 is 0. The molecule has 8 heteroatoms. The summed E-state index contributed by atoms with van der Waals surface area (Å²) in [6.07, 6.45) is 11.6. The van der Waals surface area contributed by atoms with Crippen LogP contribution in [0.3, 0.4) is 0 Å².